The highest BCUT2D eigenvalue weighted by Gasteiger charge is 2.06. The largest absolute Gasteiger partial charge is 0.339 e. The van der Waals surface area contributed by atoms with Gasteiger partial charge in [0.25, 0.3) is 0 Å². The molecule has 4 heteroatoms. The van der Waals surface area contributed by atoms with E-state index in [-0.39, 0.29) is 0 Å². The van der Waals surface area contributed by atoms with Crippen molar-refractivity contribution in [1.29, 1.82) is 0 Å². The molecule has 17 heavy (non-hydrogen) atoms. The van der Waals surface area contributed by atoms with Crippen LogP contribution in [0.5, 0.6) is 0 Å². The number of hydrogen-bond donors (Lipinski definition) is 2. The Balaban J connectivity index is 2.10. The summed E-state index contributed by atoms with van der Waals surface area (Å²) in [4.78, 5) is 12.0. The summed E-state index contributed by atoms with van der Waals surface area (Å²) in [5.74, 6) is 0.844. The van der Waals surface area contributed by atoms with Crippen molar-refractivity contribution in [3.05, 3.63) is 35.8 Å². The zero-order valence-electron chi connectivity index (χ0n) is 10.3. The monoisotopic (exact) mass is 230 g/mol. The van der Waals surface area contributed by atoms with E-state index in [0.717, 1.165) is 42.3 Å². The summed E-state index contributed by atoms with van der Waals surface area (Å²) in [6.45, 7) is 6.05. The van der Waals surface area contributed by atoms with Crippen molar-refractivity contribution >= 4 is 0 Å². The second kappa shape index (κ2) is 5.59. The van der Waals surface area contributed by atoms with Crippen LogP contribution in [0.1, 0.15) is 24.6 Å². The molecule has 2 rings (SSSR count). The molecule has 0 fully saturated rings. The van der Waals surface area contributed by atoms with Gasteiger partial charge < -0.3 is 10.3 Å². The summed E-state index contributed by atoms with van der Waals surface area (Å²) < 4.78 is 0. The van der Waals surface area contributed by atoms with Gasteiger partial charge in [-0.25, -0.2) is 4.98 Å². The smallest absolute Gasteiger partial charge is 0.156 e. The first-order valence-electron chi connectivity index (χ1n) is 5.98. The number of imidazole rings is 1. The topological polar surface area (TPSA) is 53.6 Å². The predicted molar refractivity (Wildman–Crippen MR) is 68.6 cm³/mol. The summed E-state index contributed by atoms with van der Waals surface area (Å²) >= 11 is 0. The van der Waals surface area contributed by atoms with E-state index >= 15 is 0 Å². The molecule has 0 aliphatic rings. The zero-order valence-corrected chi connectivity index (χ0v) is 10.3. The summed E-state index contributed by atoms with van der Waals surface area (Å²) in [6.07, 6.45) is 4.80. The highest BCUT2D eigenvalue weighted by molar-refractivity contribution is 5.54. The molecule has 0 amide bonds. The molecule has 2 aromatic heterocycles. The first kappa shape index (κ1) is 11.8. The SMILES string of the molecule is CCCNCc1cnc(-c2ncccc2C)[nH]1. The van der Waals surface area contributed by atoms with Crippen molar-refractivity contribution in [2.24, 2.45) is 0 Å². The van der Waals surface area contributed by atoms with Gasteiger partial charge in [-0.2, -0.15) is 0 Å². The molecule has 0 spiro atoms. The lowest BCUT2D eigenvalue weighted by Crippen LogP contribution is -2.13. The molecule has 0 saturated heterocycles. The molecule has 2 heterocycles. The molecule has 0 saturated carbocycles. The van der Waals surface area contributed by atoms with E-state index in [1.807, 2.05) is 25.3 Å². The van der Waals surface area contributed by atoms with Gasteiger partial charge in [-0.05, 0) is 31.5 Å². The van der Waals surface area contributed by atoms with Crippen LogP contribution < -0.4 is 5.32 Å². The standard InChI is InChI=1S/C13H18N4/c1-3-6-14-8-11-9-16-13(17-11)12-10(2)5-4-7-15-12/h4-5,7,9,14H,3,6,8H2,1-2H3,(H,16,17). The highest BCUT2D eigenvalue weighted by atomic mass is 15.0. The number of aromatic nitrogens is 3. The van der Waals surface area contributed by atoms with Gasteiger partial charge in [0.1, 0.15) is 5.69 Å². The molecule has 90 valence electrons. The molecule has 0 radical (unpaired) electrons. The number of aromatic amines is 1. The van der Waals surface area contributed by atoms with Crippen molar-refractivity contribution < 1.29 is 0 Å². The van der Waals surface area contributed by atoms with Gasteiger partial charge in [-0.1, -0.05) is 13.0 Å². The minimum atomic E-state index is 0.826. The van der Waals surface area contributed by atoms with Crippen LogP contribution in [-0.2, 0) is 6.54 Å². The molecule has 0 aromatic carbocycles. The van der Waals surface area contributed by atoms with Gasteiger partial charge in [0.2, 0.25) is 0 Å². The Kier molecular flexibility index (Phi) is 3.88. The van der Waals surface area contributed by atoms with Crippen LogP contribution >= 0.6 is 0 Å². The molecule has 0 bridgehead atoms. The Hall–Kier alpha value is -1.68. The van der Waals surface area contributed by atoms with Crippen LogP contribution in [0, 0.1) is 6.92 Å². The highest BCUT2D eigenvalue weighted by Crippen LogP contribution is 2.16. The fraction of sp³-hybridized carbons (Fsp3) is 0.385. The van der Waals surface area contributed by atoms with E-state index < -0.39 is 0 Å². The van der Waals surface area contributed by atoms with E-state index in [4.69, 9.17) is 0 Å². The van der Waals surface area contributed by atoms with Crippen LogP contribution in [0.4, 0.5) is 0 Å². The third-order valence-corrected chi connectivity index (χ3v) is 2.60. The Morgan fingerprint density at radius 2 is 2.24 bits per heavy atom. The number of nitrogens with one attached hydrogen (secondary N) is 2. The minimum Gasteiger partial charge on any atom is -0.339 e. The summed E-state index contributed by atoms with van der Waals surface area (Å²) in [5.41, 5.74) is 3.16. The molecule has 2 N–H and O–H groups in total. The van der Waals surface area contributed by atoms with Crippen LogP contribution in [0.3, 0.4) is 0 Å². The lowest BCUT2D eigenvalue weighted by atomic mass is 10.2. The van der Waals surface area contributed by atoms with E-state index in [1.165, 1.54) is 0 Å². The Morgan fingerprint density at radius 1 is 1.35 bits per heavy atom. The van der Waals surface area contributed by atoms with Crippen molar-refractivity contribution in [2.75, 3.05) is 6.54 Å². The molecule has 2 aromatic rings. The van der Waals surface area contributed by atoms with Crippen molar-refractivity contribution in [2.45, 2.75) is 26.8 Å². The normalized spacial score (nSPS) is 10.7. The maximum Gasteiger partial charge on any atom is 0.156 e. The number of aryl methyl sites for hydroxylation is 1. The predicted octanol–water partition coefficient (Wildman–Crippen LogP) is 2.28. The van der Waals surface area contributed by atoms with E-state index in [1.54, 1.807) is 6.20 Å². The van der Waals surface area contributed by atoms with Crippen LogP contribution in [0.2, 0.25) is 0 Å². The Labute approximate surface area is 102 Å². The quantitative estimate of drug-likeness (QED) is 0.775. The van der Waals surface area contributed by atoms with Crippen molar-refractivity contribution in [1.82, 2.24) is 20.3 Å². The van der Waals surface area contributed by atoms with Crippen molar-refractivity contribution in [3.8, 4) is 11.5 Å². The van der Waals surface area contributed by atoms with Gasteiger partial charge in [0.05, 0.1) is 6.20 Å². The molecule has 0 aliphatic heterocycles. The van der Waals surface area contributed by atoms with Crippen LogP contribution in [0.25, 0.3) is 11.5 Å². The lowest BCUT2D eigenvalue weighted by Gasteiger charge is -2.01. The first-order valence-corrected chi connectivity index (χ1v) is 5.98. The molecular weight excluding hydrogens is 212 g/mol. The van der Waals surface area contributed by atoms with Gasteiger partial charge in [-0.15, -0.1) is 0 Å². The number of hydrogen-bond acceptors (Lipinski definition) is 3. The average Bonchev–Trinajstić information content (AvgIpc) is 2.79. The second-order valence-electron chi connectivity index (χ2n) is 4.10. The fourth-order valence-electron chi connectivity index (χ4n) is 1.70. The average molecular weight is 230 g/mol. The second-order valence-corrected chi connectivity index (χ2v) is 4.10. The number of pyridine rings is 1. The van der Waals surface area contributed by atoms with E-state index in [2.05, 4.69) is 27.2 Å². The minimum absolute atomic E-state index is 0.826. The van der Waals surface area contributed by atoms with Gasteiger partial charge >= 0.3 is 0 Å². The first-order chi connectivity index (χ1) is 8.31. The van der Waals surface area contributed by atoms with Crippen molar-refractivity contribution in [3.63, 3.8) is 0 Å². The number of nitrogens with zero attached hydrogens (tertiary/aromatic N) is 2. The molecular formula is C13H18N4. The third-order valence-electron chi connectivity index (χ3n) is 2.60. The summed E-state index contributed by atoms with van der Waals surface area (Å²) in [6, 6.07) is 3.98. The van der Waals surface area contributed by atoms with Gasteiger partial charge in [0.15, 0.2) is 5.82 Å². The van der Waals surface area contributed by atoms with Crippen LogP contribution in [0.15, 0.2) is 24.5 Å². The lowest BCUT2D eigenvalue weighted by molar-refractivity contribution is 0.666. The maximum atomic E-state index is 4.37. The summed E-state index contributed by atoms with van der Waals surface area (Å²) in [7, 11) is 0. The number of rotatable bonds is 5. The Bertz CT molecular complexity index is 476. The molecule has 4 nitrogen and oxygen atoms in total. The Morgan fingerprint density at radius 3 is 3.00 bits per heavy atom. The summed E-state index contributed by atoms with van der Waals surface area (Å²) in [5, 5.41) is 3.34. The van der Waals surface area contributed by atoms with E-state index in [0.29, 0.717) is 0 Å². The maximum absolute atomic E-state index is 4.37. The van der Waals surface area contributed by atoms with E-state index in [9.17, 15) is 0 Å². The van der Waals surface area contributed by atoms with Crippen LogP contribution in [-0.4, -0.2) is 21.5 Å². The fourth-order valence-corrected chi connectivity index (χ4v) is 1.70. The molecule has 0 atom stereocenters. The zero-order chi connectivity index (χ0) is 12.1. The van der Waals surface area contributed by atoms with Gasteiger partial charge in [0, 0.05) is 18.4 Å². The molecule has 0 aliphatic carbocycles. The molecule has 0 unspecified atom stereocenters. The van der Waals surface area contributed by atoms with Gasteiger partial charge in [-0.3, -0.25) is 4.98 Å². The third kappa shape index (κ3) is 2.91. The number of H-pyrrole nitrogens is 1.